The molecule has 0 spiro atoms. The van der Waals surface area contributed by atoms with Gasteiger partial charge in [-0.15, -0.1) is 0 Å². The minimum Gasteiger partial charge on any atom is -0.373 e. The van der Waals surface area contributed by atoms with Crippen molar-refractivity contribution in [1.82, 2.24) is 19.9 Å². The SMILES string of the molecule is C[C@@H]1CN(Cc2nc(Nc3ccc(C4CC4)cc3)c3ccc(-c4ncccc4C(F)(F)F)cc3n2)C[C@H](C)O1. The van der Waals surface area contributed by atoms with E-state index in [1.165, 1.54) is 30.7 Å². The van der Waals surface area contributed by atoms with Crippen LogP contribution in [0.3, 0.4) is 0 Å². The first-order valence-corrected chi connectivity index (χ1v) is 13.3. The number of pyridine rings is 1. The fourth-order valence-electron chi connectivity index (χ4n) is 5.36. The lowest BCUT2D eigenvalue weighted by Gasteiger charge is -2.34. The molecule has 0 radical (unpaired) electrons. The zero-order valence-electron chi connectivity index (χ0n) is 21.9. The molecule has 4 aromatic rings. The first-order chi connectivity index (χ1) is 18.7. The fourth-order valence-corrected chi connectivity index (χ4v) is 5.36. The molecule has 2 aromatic carbocycles. The third-order valence-corrected chi connectivity index (χ3v) is 7.21. The summed E-state index contributed by atoms with van der Waals surface area (Å²) in [7, 11) is 0. The topological polar surface area (TPSA) is 63.2 Å². The molecule has 2 aromatic heterocycles. The Morgan fingerprint density at radius 1 is 0.974 bits per heavy atom. The molecule has 2 atom stereocenters. The van der Waals surface area contributed by atoms with E-state index in [0.717, 1.165) is 30.2 Å². The van der Waals surface area contributed by atoms with E-state index in [1.807, 2.05) is 26.0 Å². The maximum atomic E-state index is 13.7. The van der Waals surface area contributed by atoms with Crippen molar-refractivity contribution in [2.45, 2.75) is 57.5 Å². The second kappa shape index (κ2) is 10.2. The van der Waals surface area contributed by atoms with Crippen molar-refractivity contribution in [3.63, 3.8) is 0 Å². The van der Waals surface area contributed by atoms with Crippen LogP contribution < -0.4 is 5.32 Å². The van der Waals surface area contributed by atoms with Gasteiger partial charge in [0.15, 0.2) is 0 Å². The van der Waals surface area contributed by atoms with Crippen LogP contribution in [0.5, 0.6) is 0 Å². The van der Waals surface area contributed by atoms with Gasteiger partial charge in [0.1, 0.15) is 11.6 Å². The normalized spacial score (nSPS) is 20.3. The summed E-state index contributed by atoms with van der Waals surface area (Å²) < 4.78 is 47.1. The fraction of sp³-hybridized carbons (Fsp3) is 0.367. The Balaban J connectivity index is 1.40. The molecule has 0 amide bonds. The summed E-state index contributed by atoms with van der Waals surface area (Å²) in [5.74, 6) is 1.87. The van der Waals surface area contributed by atoms with Crippen LogP contribution in [-0.2, 0) is 17.5 Å². The van der Waals surface area contributed by atoms with Gasteiger partial charge in [-0.2, -0.15) is 13.2 Å². The molecule has 1 aliphatic carbocycles. The summed E-state index contributed by atoms with van der Waals surface area (Å²) in [6, 6.07) is 15.8. The highest BCUT2D eigenvalue weighted by Crippen LogP contribution is 2.41. The lowest BCUT2D eigenvalue weighted by Crippen LogP contribution is -2.45. The lowest BCUT2D eigenvalue weighted by molar-refractivity contribution is -0.137. The monoisotopic (exact) mass is 533 g/mol. The van der Waals surface area contributed by atoms with E-state index < -0.39 is 11.7 Å². The average Bonchev–Trinajstić information content (AvgIpc) is 3.73. The number of halogens is 3. The van der Waals surface area contributed by atoms with Gasteiger partial charge in [-0.3, -0.25) is 9.88 Å². The third-order valence-electron chi connectivity index (χ3n) is 7.21. The summed E-state index contributed by atoms with van der Waals surface area (Å²) in [6.07, 6.45) is -0.487. The number of aromatic nitrogens is 3. The van der Waals surface area contributed by atoms with Crippen molar-refractivity contribution in [3.8, 4) is 11.3 Å². The Morgan fingerprint density at radius 3 is 2.41 bits per heavy atom. The first kappa shape index (κ1) is 25.7. The zero-order valence-corrected chi connectivity index (χ0v) is 21.9. The average molecular weight is 534 g/mol. The number of anilines is 2. The minimum absolute atomic E-state index is 0.0910. The van der Waals surface area contributed by atoms with Gasteiger partial charge in [-0.05, 0) is 74.6 Å². The van der Waals surface area contributed by atoms with E-state index >= 15 is 0 Å². The van der Waals surface area contributed by atoms with Gasteiger partial charge in [-0.25, -0.2) is 9.97 Å². The molecule has 39 heavy (non-hydrogen) atoms. The highest BCUT2D eigenvalue weighted by atomic mass is 19.4. The first-order valence-electron chi connectivity index (χ1n) is 13.3. The Labute approximate surface area is 225 Å². The Morgan fingerprint density at radius 2 is 1.72 bits per heavy atom. The second-order valence-corrected chi connectivity index (χ2v) is 10.6. The zero-order chi connectivity index (χ0) is 27.1. The molecule has 2 aliphatic rings. The van der Waals surface area contributed by atoms with E-state index in [4.69, 9.17) is 14.7 Å². The maximum Gasteiger partial charge on any atom is 0.418 e. The van der Waals surface area contributed by atoms with Crippen molar-refractivity contribution in [1.29, 1.82) is 0 Å². The van der Waals surface area contributed by atoms with Crippen LogP contribution in [0.2, 0.25) is 0 Å². The number of nitrogens with one attached hydrogen (secondary N) is 1. The van der Waals surface area contributed by atoms with Crippen molar-refractivity contribution in [3.05, 3.63) is 77.7 Å². The van der Waals surface area contributed by atoms with Gasteiger partial charge in [-0.1, -0.05) is 18.2 Å². The van der Waals surface area contributed by atoms with Gasteiger partial charge < -0.3 is 10.1 Å². The number of hydrogen-bond acceptors (Lipinski definition) is 6. The molecular formula is C30H30F3N5O. The number of hydrogen-bond donors (Lipinski definition) is 1. The van der Waals surface area contributed by atoms with Crippen LogP contribution in [0.1, 0.15) is 49.6 Å². The van der Waals surface area contributed by atoms with Crippen LogP contribution >= 0.6 is 0 Å². The predicted molar refractivity (Wildman–Crippen MR) is 145 cm³/mol. The molecule has 2 fully saturated rings. The molecular weight excluding hydrogens is 503 g/mol. The van der Waals surface area contributed by atoms with Gasteiger partial charge in [0, 0.05) is 35.9 Å². The molecule has 202 valence electrons. The van der Waals surface area contributed by atoms with Gasteiger partial charge >= 0.3 is 6.18 Å². The Hall–Kier alpha value is -3.56. The molecule has 1 N–H and O–H groups in total. The number of ether oxygens (including phenoxy) is 1. The summed E-state index contributed by atoms with van der Waals surface area (Å²) in [5, 5.41) is 4.16. The second-order valence-electron chi connectivity index (χ2n) is 10.6. The van der Waals surface area contributed by atoms with E-state index in [2.05, 4.69) is 27.3 Å². The summed E-state index contributed by atoms with van der Waals surface area (Å²) in [5.41, 5.74) is 2.25. The molecule has 6 nitrogen and oxygen atoms in total. The Bertz CT molecular complexity index is 1480. The summed E-state index contributed by atoms with van der Waals surface area (Å²) >= 11 is 0. The maximum absolute atomic E-state index is 13.7. The molecule has 3 heterocycles. The smallest absolute Gasteiger partial charge is 0.373 e. The van der Waals surface area contributed by atoms with E-state index in [1.54, 1.807) is 18.2 Å². The van der Waals surface area contributed by atoms with E-state index in [-0.39, 0.29) is 17.9 Å². The number of nitrogens with zero attached hydrogens (tertiary/aromatic N) is 4. The highest BCUT2D eigenvalue weighted by Gasteiger charge is 2.34. The number of fused-ring (bicyclic) bond motifs is 1. The number of alkyl halides is 3. The Kier molecular flexibility index (Phi) is 6.72. The summed E-state index contributed by atoms with van der Waals surface area (Å²) in [4.78, 5) is 16.0. The number of benzene rings is 2. The molecule has 0 unspecified atom stereocenters. The van der Waals surface area contributed by atoms with Gasteiger partial charge in [0.2, 0.25) is 0 Å². The third kappa shape index (κ3) is 5.74. The van der Waals surface area contributed by atoms with Crippen LogP contribution in [0.25, 0.3) is 22.2 Å². The minimum atomic E-state index is -4.52. The van der Waals surface area contributed by atoms with Crippen LogP contribution in [0.4, 0.5) is 24.7 Å². The highest BCUT2D eigenvalue weighted by molar-refractivity contribution is 5.93. The van der Waals surface area contributed by atoms with E-state index in [0.29, 0.717) is 35.2 Å². The molecule has 0 bridgehead atoms. The van der Waals surface area contributed by atoms with Gasteiger partial charge in [0.25, 0.3) is 0 Å². The standard InChI is InChI=1S/C30H30F3N5O/c1-18-15-38(16-19(2)39-18)17-27-36-26-14-22(28-25(30(31,32)33)4-3-13-34-28)9-12-24(26)29(37-27)35-23-10-7-21(8-11-23)20-5-6-20/h3-4,7-14,18-20H,5-6,15-17H2,1-2H3,(H,35,36,37)/t18-,19+. The largest absolute Gasteiger partial charge is 0.418 e. The van der Waals surface area contributed by atoms with Crippen LogP contribution in [-0.4, -0.2) is 45.1 Å². The van der Waals surface area contributed by atoms with E-state index in [9.17, 15) is 13.2 Å². The quantitative estimate of drug-likeness (QED) is 0.290. The van der Waals surface area contributed by atoms with Crippen LogP contribution in [0.15, 0.2) is 60.8 Å². The molecule has 6 rings (SSSR count). The summed E-state index contributed by atoms with van der Waals surface area (Å²) in [6.45, 7) is 6.09. The predicted octanol–water partition coefficient (Wildman–Crippen LogP) is 6.94. The van der Waals surface area contributed by atoms with Gasteiger partial charge in [0.05, 0.1) is 35.5 Å². The van der Waals surface area contributed by atoms with Crippen molar-refractivity contribution < 1.29 is 17.9 Å². The lowest BCUT2D eigenvalue weighted by atomic mass is 10.0. The molecule has 1 saturated heterocycles. The van der Waals surface area contributed by atoms with Crippen molar-refractivity contribution in [2.24, 2.45) is 0 Å². The van der Waals surface area contributed by atoms with Crippen LogP contribution in [0, 0.1) is 0 Å². The molecule has 1 saturated carbocycles. The number of morpholine rings is 1. The van der Waals surface area contributed by atoms with Crippen molar-refractivity contribution in [2.75, 3.05) is 18.4 Å². The van der Waals surface area contributed by atoms with Crippen molar-refractivity contribution >= 4 is 22.4 Å². The molecule has 1 aliphatic heterocycles. The number of rotatable bonds is 6. The molecule has 9 heteroatoms.